The summed E-state index contributed by atoms with van der Waals surface area (Å²) < 4.78 is 21.5. The SMILES string of the molecule is CC(C)c1ccc(N(Cc2cn[nH]c2)C(=O)C2CCCc3c(OCc4ccccc4)ccc(F)c32)cn1. The summed E-state index contributed by atoms with van der Waals surface area (Å²) in [5, 5.41) is 6.84. The summed E-state index contributed by atoms with van der Waals surface area (Å²) in [5.41, 5.74) is 4.77. The quantitative estimate of drug-likeness (QED) is 0.310. The number of aromatic nitrogens is 3. The minimum atomic E-state index is -0.610. The van der Waals surface area contributed by atoms with Gasteiger partial charge in [-0.05, 0) is 55.0 Å². The van der Waals surface area contributed by atoms with E-state index in [1.807, 2.05) is 42.5 Å². The van der Waals surface area contributed by atoms with Crippen LogP contribution in [0.3, 0.4) is 0 Å². The van der Waals surface area contributed by atoms with Gasteiger partial charge in [0.1, 0.15) is 18.2 Å². The van der Waals surface area contributed by atoms with Crippen LogP contribution >= 0.6 is 0 Å². The number of hydrogen-bond acceptors (Lipinski definition) is 4. The number of nitrogens with zero attached hydrogens (tertiary/aromatic N) is 3. The molecule has 1 unspecified atom stereocenters. The number of carbonyl (C=O) groups excluding carboxylic acids is 1. The van der Waals surface area contributed by atoms with Gasteiger partial charge in [0, 0.05) is 28.6 Å². The number of anilines is 1. The number of rotatable bonds is 8. The molecule has 1 N–H and O–H groups in total. The van der Waals surface area contributed by atoms with Crippen molar-refractivity contribution in [3.63, 3.8) is 0 Å². The first kappa shape index (κ1) is 24.7. The number of carbonyl (C=O) groups is 1. The zero-order valence-corrected chi connectivity index (χ0v) is 21.2. The van der Waals surface area contributed by atoms with Crippen LogP contribution in [0.15, 0.2) is 73.2 Å². The normalized spacial score (nSPS) is 14.9. The van der Waals surface area contributed by atoms with Crippen LogP contribution < -0.4 is 9.64 Å². The summed E-state index contributed by atoms with van der Waals surface area (Å²) in [5.74, 6) is -0.208. The smallest absolute Gasteiger partial charge is 0.235 e. The lowest BCUT2D eigenvalue weighted by Crippen LogP contribution is -2.36. The molecule has 0 aliphatic heterocycles. The molecule has 7 heteroatoms. The molecule has 0 fully saturated rings. The van der Waals surface area contributed by atoms with Crippen molar-refractivity contribution >= 4 is 11.6 Å². The van der Waals surface area contributed by atoms with Crippen molar-refractivity contribution in [2.45, 2.75) is 58.1 Å². The predicted octanol–water partition coefficient (Wildman–Crippen LogP) is 6.30. The van der Waals surface area contributed by atoms with Gasteiger partial charge in [-0.2, -0.15) is 5.10 Å². The highest BCUT2D eigenvalue weighted by atomic mass is 19.1. The van der Waals surface area contributed by atoms with Crippen molar-refractivity contribution in [2.75, 3.05) is 4.90 Å². The van der Waals surface area contributed by atoms with Gasteiger partial charge >= 0.3 is 0 Å². The number of halogens is 1. The molecule has 0 spiro atoms. The van der Waals surface area contributed by atoms with E-state index in [4.69, 9.17) is 4.74 Å². The van der Waals surface area contributed by atoms with E-state index in [1.165, 1.54) is 6.07 Å². The van der Waals surface area contributed by atoms with E-state index >= 15 is 4.39 Å². The number of H-pyrrole nitrogens is 1. The van der Waals surface area contributed by atoms with E-state index in [0.717, 1.165) is 28.8 Å². The average molecular weight is 499 g/mol. The maximum absolute atomic E-state index is 15.4. The Balaban J connectivity index is 1.47. The lowest BCUT2D eigenvalue weighted by atomic mass is 9.81. The minimum absolute atomic E-state index is 0.152. The standard InChI is InChI=1S/C30H31FN4O2/c1-20(2)27-13-11-23(17-32-27)35(18-22-15-33-34-16-22)30(36)25-10-6-9-24-28(14-12-26(31)29(24)25)37-19-21-7-4-3-5-8-21/h3-5,7-8,11-17,20,25H,6,9-10,18-19H2,1-2H3,(H,33,34). The Labute approximate surface area is 216 Å². The molecule has 1 aliphatic carbocycles. The third-order valence-corrected chi connectivity index (χ3v) is 6.90. The zero-order chi connectivity index (χ0) is 25.8. The van der Waals surface area contributed by atoms with Gasteiger partial charge in [0.15, 0.2) is 0 Å². The molecule has 0 saturated carbocycles. The molecule has 6 nitrogen and oxygen atoms in total. The lowest BCUT2D eigenvalue weighted by molar-refractivity contribution is -0.120. The van der Waals surface area contributed by atoms with Gasteiger partial charge in [0.25, 0.3) is 0 Å². The molecular weight excluding hydrogens is 467 g/mol. The summed E-state index contributed by atoms with van der Waals surface area (Å²) >= 11 is 0. The highest BCUT2D eigenvalue weighted by molar-refractivity contribution is 5.98. The van der Waals surface area contributed by atoms with Crippen molar-refractivity contribution in [2.24, 2.45) is 0 Å². The fourth-order valence-corrected chi connectivity index (χ4v) is 4.93. The van der Waals surface area contributed by atoms with Crippen LogP contribution in [0, 0.1) is 5.82 Å². The van der Waals surface area contributed by atoms with E-state index in [-0.39, 0.29) is 17.6 Å². The van der Waals surface area contributed by atoms with Crippen LogP contribution in [0.1, 0.15) is 66.5 Å². The van der Waals surface area contributed by atoms with Crippen LogP contribution in [0.2, 0.25) is 0 Å². The number of fused-ring (bicyclic) bond motifs is 1. The Kier molecular flexibility index (Phi) is 7.30. The molecule has 37 heavy (non-hydrogen) atoms. The van der Waals surface area contributed by atoms with E-state index in [9.17, 15) is 4.79 Å². The van der Waals surface area contributed by atoms with Crippen molar-refractivity contribution in [3.05, 3.63) is 107 Å². The number of nitrogens with one attached hydrogen (secondary N) is 1. The fourth-order valence-electron chi connectivity index (χ4n) is 4.93. The van der Waals surface area contributed by atoms with Crippen LogP contribution in [-0.2, 0) is 24.4 Å². The molecule has 2 aromatic carbocycles. The molecule has 4 aromatic rings. The third-order valence-electron chi connectivity index (χ3n) is 6.90. The Bertz CT molecular complexity index is 1340. The van der Waals surface area contributed by atoms with Gasteiger partial charge in [-0.3, -0.25) is 14.9 Å². The maximum atomic E-state index is 15.4. The number of hydrogen-bond donors (Lipinski definition) is 1. The molecule has 190 valence electrons. The van der Waals surface area contributed by atoms with Crippen molar-refractivity contribution in [1.82, 2.24) is 15.2 Å². The van der Waals surface area contributed by atoms with E-state index in [2.05, 4.69) is 29.0 Å². The first-order valence-corrected chi connectivity index (χ1v) is 12.7. The molecular formula is C30H31FN4O2. The van der Waals surface area contributed by atoms with Crippen molar-refractivity contribution < 1.29 is 13.9 Å². The largest absolute Gasteiger partial charge is 0.489 e. The molecule has 1 amide bonds. The lowest BCUT2D eigenvalue weighted by Gasteiger charge is -2.32. The molecule has 0 bridgehead atoms. The van der Waals surface area contributed by atoms with Gasteiger partial charge in [-0.25, -0.2) is 4.39 Å². The molecule has 0 radical (unpaired) electrons. The Morgan fingerprint density at radius 2 is 1.95 bits per heavy atom. The third kappa shape index (κ3) is 5.40. The highest BCUT2D eigenvalue weighted by Gasteiger charge is 2.35. The Morgan fingerprint density at radius 3 is 2.65 bits per heavy atom. The summed E-state index contributed by atoms with van der Waals surface area (Å²) in [6, 6.07) is 16.8. The summed E-state index contributed by atoms with van der Waals surface area (Å²) in [7, 11) is 0. The van der Waals surface area contributed by atoms with Crippen LogP contribution in [0.5, 0.6) is 5.75 Å². The number of pyridine rings is 1. The van der Waals surface area contributed by atoms with Crippen molar-refractivity contribution in [1.29, 1.82) is 0 Å². The van der Waals surface area contributed by atoms with Gasteiger partial charge in [-0.1, -0.05) is 44.2 Å². The molecule has 2 aromatic heterocycles. The first-order chi connectivity index (χ1) is 18.0. The summed E-state index contributed by atoms with van der Waals surface area (Å²) in [6.45, 7) is 4.86. The first-order valence-electron chi connectivity index (χ1n) is 12.7. The Hall–Kier alpha value is -4.00. The monoisotopic (exact) mass is 498 g/mol. The Morgan fingerprint density at radius 1 is 1.11 bits per heavy atom. The predicted molar refractivity (Wildman–Crippen MR) is 141 cm³/mol. The number of amides is 1. The molecule has 2 heterocycles. The zero-order valence-electron chi connectivity index (χ0n) is 21.2. The van der Waals surface area contributed by atoms with Gasteiger partial charge in [-0.15, -0.1) is 0 Å². The van der Waals surface area contributed by atoms with Crippen LogP contribution in [-0.4, -0.2) is 21.1 Å². The minimum Gasteiger partial charge on any atom is -0.489 e. The molecule has 1 atom stereocenters. The second-order valence-corrected chi connectivity index (χ2v) is 9.78. The summed E-state index contributed by atoms with van der Waals surface area (Å²) in [6.07, 6.45) is 7.21. The van der Waals surface area contributed by atoms with Crippen molar-refractivity contribution in [3.8, 4) is 5.75 Å². The highest BCUT2D eigenvalue weighted by Crippen LogP contribution is 2.40. The number of aromatic amines is 1. The van der Waals surface area contributed by atoms with E-state index < -0.39 is 5.92 Å². The maximum Gasteiger partial charge on any atom is 0.235 e. The van der Waals surface area contributed by atoms with Gasteiger partial charge < -0.3 is 9.64 Å². The second-order valence-electron chi connectivity index (χ2n) is 9.78. The van der Waals surface area contributed by atoms with Gasteiger partial charge in [0.2, 0.25) is 5.91 Å². The average Bonchev–Trinajstić information content (AvgIpc) is 3.45. The second kappa shape index (κ2) is 10.9. The van der Waals surface area contributed by atoms with E-state index in [0.29, 0.717) is 43.0 Å². The van der Waals surface area contributed by atoms with Crippen LogP contribution in [0.25, 0.3) is 0 Å². The number of ether oxygens (including phenoxy) is 1. The topological polar surface area (TPSA) is 71.1 Å². The molecule has 0 saturated heterocycles. The fraction of sp³-hybridized carbons (Fsp3) is 0.300. The molecule has 1 aliphatic rings. The number of benzene rings is 2. The summed E-state index contributed by atoms with van der Waals surface area (Å²) in [4.78, 5) is 20.4. The van der Waals surface area contributed by atoms with Crippen LogP contribution in [0.4, 0.5) is 10.1 Å². The van der Waals surface area contributed by atoms with E-state index in [1.54, 1.807) is 29.6 Å². The van der Waals surface area contributed by atoms with Gasteiger partial charge in [0.05, 0.1) is 30.5 Å². The molecule has 5 rings (SSSR count).